The van der Waals surface area contributed by atoms with Gasteiger partial charge < -0.3 is 33.2 Å². The van der Waals surface area contributed by atoms with Gasteiger partial charge in [0.2, 0.25) is 0 Å². The van der Waals surface area contributed by atoms with Gasteiger partial charge in [0.15, 0.2) is 0 Å². The Bertz CT molecular complexity index is 441. The van der Waals surface area contributed by atoms with E-state index in [4.69, 9.17) is 4.74 Å². The van der Waals surface area contributed by atoms with Gasteiger partial charge in [-0.3, -0.25) is 0 Å². The fourth-order valence-electron chi connectivity index (χ4n) is 2.24. The molecule has 0 saturated carbocycles. The summed E-state index contributed by atoms with van der Waals surface area (Å²) in [6.45, 7) is 9.46. The number of quaternary nitrogens is 1. The summed E-state index contributed by atoms with van der Waals surface area (Å²) in [5, 5.41) is 0. The van der Waals surface area contributed by atoms with Gasteiger partial charge in [0.05, 0.1) is 19.8 Å². The molecule has 1 heterocycles. The van der Waals surface area contributed by atoms with E-state index in [1.165, 1.54) is 0 Å². The second kappa shape index (κ2) is 8.36. The molecule has 0 unspecified atom stereocenters. The largest absolute Gasteiger partial charge is 1.00 e. The van der Waals surface area contributed by atoms with Crippen LogP contribution in [0.4, 0.5) is 0 Å². The van der Waals surface area contributed by atoms with Crippen molar-refractivity contribution in [1.29, 1.82) is 0 Å². The van der Waals surface area contributed by atoms with Gasteiger partial charge in [0.1, 0.15) is 19.6 Å². The van der Waals surface area contributed by atoms with Crippen molar-refractivity contribution in [3.05, 3.63) is 48.6 Å². The maximum Gasteiger partial charge on any atom is 0.141 e. The zero-order chi connectivity index (χ0) is 12.7. The molecule has 0 aromatic heterocycles. The second-order valence-electron chi connectivity index (χ2n) is 4.70. The molecule has 3 heteroatoms. The number of hydrogen-bond acceptors (Lipinski definition) is 1. The Morgan fingerprint density at radius 1 is 1.21 bits per heavy atom. The Labute approximate surface area is 133 Å². The number of nitrogens with zero attached hydrogens (tertiary/aromatic N) is 1. The fraction of sp³-hybridized carbons (Fsp3) is 0.375. The van der Waals surface area contributed by atoms with E-state index in [-0.39, 0.29) is 24.0 Å². The first-order chi connectivity index (χ1) is 8.85. The highest BCUT2D eigenvalue weighted by atomic mass is 127. The van der Waals surface area contributed by atoms with Crippen LogP contribution in [0.2, 0.25) is 0 Å². The number of morpholine rings is 1. The topological polar surface area (TPSA) is 9.23 Å². The van der Waals surface area contributed by atoms with Gasteiger partial charge in [-0.05, 0) is 24.1 Å². The van der Waals surface area contributed by atoms with Gasteiger partial charge in [0, 0.05) is 5.56 Å². The lowest BCUT2D eigenvalue weighted by atomic mass is 10.2. The molecule has 0 spiro atoms. The van der Waals surface area contributed by atoms with E-state index in [1.54, 1.807) is 0 Å². The third-order valence-corrected chi connectivity index (χ3v) is 3.36. The predicted molar refractivity (Wildman–Crippen MR) is 74.1 cm³/mol. The molecular formula is C16H20INO. The molecular weight excluding hydrogens is 349 g/mol. The number of rotatable bonds is 3. The van der Waals surface area contributed by atoms with E-state index < -0.39 is 0 Å². The van der Waals surface area contributed by atoms with Crippen molar-refractivity contribution < 1.29 is 33.2 Å². The number of benzene rings is 1. The number of ether oxygens (including phenoxy) is 1. The standard InChI is InChI=1S/C16H20NO.HI/c1-2-10-17(12-14-18-15-13-17)11-6-9-16-7-4-3-5-8-16;/h2-5,7-8H,1,10-15H2;1H/q+1;/p-1. The molecule has 0 atom stereocenters. The first kappa shape index (κ1) is 16.2. The van der Waals surface area contributed by atoms with Crippen molar-refractivity contribution in [2.24, 2.45) is 0 Å². The molecule has 1 saturated heterocycles. The molecule has 1 aromatic carbocycles. The average molecular weight is 369 g/mol. The Morgan fingerprint density at radius 3 is 2.53 bits per heavy atom. The van der Waals surface area contributed by atoms with Crippen molar-refractivity contribution in [1.82, 2.24) is 0 Å². The quantitative estimate of drug-likeness (QED) is 0.290. The van der Waals surface area contributed by atoms with Gasteiger partial charge >= 0.3 is 0 Å². The van der Waals surface area contributed by atoms with E-state index in [9.17, 15) is 0 Å². The molecule has 0 N–H and O–H groups in total. The molecule has 0 bridgehead atoms. The Morgan fingerprint density at radius 2 is 1.89 bits per heavy atom. The van der Waals surface area contributed by atoms with Gasteiger partial charge in [-0.2, -0.15) is 0 Å². The SMILES string of the molecule is C=CC[N+]1(CC#Cc2ccccc2)CCOCC1.[I-]. The Kier molecular flexibility index (Phi) is 7.14. The van der Waals surface area contributed by atoms with Crippen LogP contribution in [-0.2, 0) is 4.74 Å². The summed E-state index contributed by atoms with van der Waals surface area (Å²) in [7, 11) is 0. The molecule has 0 amide bonds. The lowest BCUT2D eigenvalue weighted by molar-refractivity contribution is -0.923. The molecule has 1 fully saturated rings. The van der Waals surface area contributed by atoms with Crippen LogP contribution in [0.3, 0.4) is 0 Å². The molecule has 2 nitrogen and oxygen atoms in total. The first-order valence-corrected chi connectivity index (χ1v) is 6.42. The summed E-state index contributed by atoms with van der Waals surface area (Å²) in [5.74, 6) is 6.55. The highest BCUT2D eigenvalue weighted by molar-refractivity contribution is 5.33. The summed E-state index contributed by atoms with van der Waals surface area (Å²) in [5.41, 5.74) is 1.09. The molecule has 19 heavy (non-hydrogen) atoms. The molecule has 1 aliphatic rings. The molecule has 0 aliphatic carbocycles. The minimum absolute atomic E-state index is 0. The molecule has 2 rings (SSSR count). The number of halogens is 1. The van der Waals surface area contributed by atoms with E-state index in [2.05, 4.69) is 18.4 Å². The van der Waals surface area contributed by atoms with Crippen LogP contribution in [0.25, 0.3) is 0 Å². The zero-order valence-corrected chi connectivity index (χ0v) is 13.3. The minimum Gasteiger partial charge on any atom is -1.00 e. The molecule has 0 radical (unpaired) electrons. The van der Waals surface area contributed by atoms with Crippen molar-refractivity contribution in [3.63, 3.8) is 0 Å². The van der Waals surface area contributed by atoms with Crippen LogP contribution in [0, 0.1) is 11.8 Å². The van der Waals surface area contributed by atoms with Crippen LogP contribution in [0.1, 0.15) is 5.56 Å². The highest BCUT2D eigenvalue weighted by Gasteiger charge is 2.27. The fourth-order valence-corrected chi connectivity index (χ4v) is 2.24. The van der Waals surface area contributed by atoms with Crippen LogP contribution >= 0.6 is 0 Å². The lowest BCUT2D eigenvalue weighted by Gasteiger charge is -2.39. The van der Waals surface area contributed by atoms with Gasteiger partial charge in [-0.1, -0.05) is 30.7 Å². The van der Waals surface area contributed by atoms with Crippen molar-refractivity contribution in [3.8, 4) is 11.8 Å². The second-order valence-corrected chi connectivity index (χ2v) is 4.70. The van der Waals surface area contributed by atoms with Gasteiger partial charge in [0.25, 0.3) is 0 Å². The average Bonchev–Trinajstić information content (AvgIpc) is 2.41. The Balaban J connectivity index is 0.00000180. The lowest BCUT2D eigenvalue weighted by Crippen LogP contribution is -3.00. The smallest absolute Gasteiger partial charge is 0.141 e. The van der Waals surface area contributed by atoms with Crippen molar-refractivity contribution >= 4 is 0 Å². The van der Waals surface area contributed by atoms with E-state index in [0.29, 0.717) is 0 Å². The van der Waals surface area contributed by atoms with Gasteiger partial charge in [-0.15, -0.1) is 0 Å². The Hall–Kier alpha value is -0.830. The normalized spacial score (nSPS) is 16.6. The first-order valence-electron chi connectivity index (χ1n) is 6.42. The summed E-state index contributed by atoms with van der Waals surface area (Å²) in [6.07, 6.45) is 2.00. The van der Waals surface area contributed by atoms with Crippen molar-refractivity contribution in [2.45, 2.75) is 0 Å². The van der Waals surface area contributed by atoms with Crippen LogP contribution in [-0.4, -0.2) is 43.9 Å². The molecule has 1 aromatic rings. The summed E-state index contributed by atoms with van der Waals surface area (Å²) in [6, 6.07) is 10.1. The zero-order valence-electron chi connectivity index (χ0n) is 11.1. The number of hydrogen-bond donors (Lipinski definition) is 0. The monoisotopic (exact) mass is 369 g/mol. The van der Waals surface area contributed by atoms with Crippen molar-refractivity contribution in [2.75, 3.05) is 39.4 Å². The summed E-state index contributed by atoms with van der Waals surface area (Å²) < 4.78 is 6.43. The van der Waals surface area contributed by atoms with Gasteiger partial charge in [-0.25, -0.2) is 0 Å². The summed E-state index contributed by atoms with van der Waals surface area (Å²) >= 11 is 0. The van der Waals surface area contributed by atoms with Crippen LogP contribution in [0.15, 0.2) is 43.0 Å². The van der Waals surface area contributed by atoms with E-state index >= 15 is 0 Å². The van der Waals surface area contributed by atoms with Crippen LogP contribution < -0.4 is 24.0 Å². The third-order valence-electron chi connectivity index (χ3n) is 3.36. The minimum atomic E-state index is 0. The molecule has 1 aliphatic heterocycles. The maximum absolute atomic E-state index is 5.44. The third kappa shape index (κ3) is 4.98. The highest BCUT2D eigenvalue weighted by Crippen LogP contribution is 2.10. The predicted octanol–water partition coefficient (Wildman–Crippen LogP) is -0.925. The van der Waals surface area contributed by atoms with Crippen LogP contribution in [0.5, 0.6) is 0 Å². The van der Waals surface area contributed by atoms with E-state index in [0.717, 1.165) is 49.4 Å². The summed E-state index contributed by atoms with van der Waals surface area (Å²) in [4.78, 5) is 0. The maximum atomic E-state index is 5.44. The molecule has 102 valence electrons. The van der Waals surface area contributed by atoms with E-state index in [1.807, 2.05) is 36.4 Å².